The Labute approximate surface area is 110 Å². The molecule has 0 radical (unpaired) electrons. The molecule has 1 unspecified atom stereocenters. The second-order valence-electron chi connectivity index (χ2n) is 3.96. The Bertz CT molecular complexity index is 597. The molecule has 0 fully saturated rings. The van der Waals surface area contributed by atoms with Gasteiger partial charge in [-0.2, -0.15) is 0 Å². The van der Waals surface area contributed by atoms with Crippen LogP contribution in [-0.2, 0) is 9.53 Å². The van der Waals surface area contributed by atoms with E-state index in [-0.39, 0.29) is 6.61 Å². The molecule has 1 N–H and O–H groups in total. The average molecular weight is 261 g/mol. The van der Waals surface area contributed by atoms with Crippen LogP contribution in [0, 0.1) is 0 Å². The largest absolute Gasteiger partial charge is 0.481 e. The second kappa shape index (κ2) is 5.67. The maximum absolute atomic E-state index is 11.5. The third-order valence-corrected chi connectivity index (χ3v) is 2.77. The molecule has 100 valence electrons. The van der Waals surface area contributed by atoms with Gasteiger partial charge in [-0.1, -0.05) is 6.07 Å². The molecule has 1 heterocycles. The molecule has 0 aliphatic heterocycles. The lowest BCUT2D eigenvalue weighted by Crippen LogP contribution is -2.15. The number of ether oxygens (including phenoxy) is 2. The number of nitrogens with zero attached hydrogens (tertiary/aromatic N) is 1. The summed E-state index contributed by atoms with van der Waals surface area (Å²) in [5.74, 6) is -0.141. The molecule has 1 aromatic carbocycles. The van der Waals surface area contributed by atoms with Crippen LogP contribution < -0.4 is 4.74 Å². The number of carbonyl (C=O) groups is 1. The van der Waals surface area contributed by atoms with Gasteiger partial charge in [-0.3, -0.25) is 0 Å². The molecule has 2 aromatic rings. The van der Waals surface area contributed by atoms with Gasteiger partial charge in [-0.15, -0.1) is 0 Å². The van der Waals surface area contributed by atoms with Gasteiger partial charge < -0.3 is 14.6 Å². The number of hydrogen-bond donors (Lipinski definition) is 1. The number of esters is 1. The summed E-state index contributed by atoms with van der Waals surface area (Å²) in [7, 11) is 1.54. The number of fused-ring (bicyclic) bond motifs is 1. The maximum Gasteiger partial charge on any atom is 0.339 e. The maximum atomic E-state index is 11.5. The van der Waals surface area contributed by atoms with Crippen molar-refractivity contribution in [2.24, 2.45) is 0 Å². The summed E-state index contributed by atoms with van der Waals surface area (Å²) in [6.07, 6.45) is 0.338. The molecule has 1 atom stereocenters. The number of carbonyl (C=O) groups excluding carboxylic acids is 1. The Kier molecular flexibility index (Phi) is 3.97. The predicted molar refractivity (Wildman–Crippen MR) is 69.9 cm³/mol. The molecule has 0 amide bonds. The highest BCUT2D eigenvalue weighted by Gasteiger charge is 2.19. The fourth-order valence-corrected chi connectivity index (χ4v) is 1.86. The van der Waals surface area contributed by atoms with Gasteiger partial charge in [0.1, 0.15) is 0 Å². The second-order valence-corrected chi connectivity index (χ2v) is 3.96. The van der Waals surface area contributed by atoms with Crippen molar-refractivity contribution in [1.29, 1.82) is 0 Å². The van der Waals surface area contributed by atoms with Gasteiger partial charge in [-0.05, 0) is 36.1 Å². The summed E-state index contributed by atoms with van der Waals surface area (Å²) in [6, 6.07) is 6.94. The zero-order valence-electron chi connectivity index (χ0n) is 10.8. The van der Waals surface area contributed by atoms with Gasteiger partial charge in [-0.25, -0.2) is 9.78 Å². The molecule has 0 aliphatic carbocycles. The summed E-state index contributed by atoms with van der Waals surface area (Å²) in [4.78, 5) is 15.6. The lowest BCUT2D eigenvalue weighted by atomic mass is 10.0. The van der Waals surface area contributed by atoms with Crippen LogP contribution in [0.3, 0.4) is 0 Å². The minimum Gasteiger partial charge on any atom is -0.481 e. The zero-order chi connectivity index (χ0) is 13.8. The number of pyridine rings is 1. The summed E-state index contributed by atoms with van der Waals surface area (Å²) in [5.41, 5.74) is 0.485. The highest BCUT2D eigenvalue weighted by Crippen LogP contribution is 2.26. The van der Waals surface area contributed by atoms with Gasteiger partial charge in [0.2, 0.25) is 5.88 Å². The lowest BCUT2D eigenvalue weighted by Gasteiger charge is -2.11. The summed E-state index contributed by atoms with van der Waals surface area (Å²) < 4.78 is 9.94. The number of methoxy groups -OCH3 is 1. The van der Waals surface area contributed by atoms with Crippen LogP contribution in [0.25, 0.3) is 10.8 Å². The van der Waals surface area contributed by atoms with Crippen molar-refractivity contribution in [3.8, 4) is 5.88 Å². The van der Waals surface area contributed by atoms with Crippen LogP contribution in [0.1, 0.15) is 18.6 Å². The molecule has 2 rings (SSSR count). The van der Waals surface area contributed by atoms with Crippen LogP contribution in [0.5, 0.6) is 5.88 Å². The third-order valence-electron chi connectivity index (χ3n) is 2.77. The molecule has 5 heteroatoms. The number of aliphatic hydroxyl groups excluding tert-OH is 1. The van der Waals surface area contributed by atoms with Gasteiger partial charge >= 0.3 is 5.97 Å². The highest BCUT2D eigenvalue weighted by atomic mass is 16.5. The monoisotopic (exact) mass is 261 g/mol. The van der Waals surface area contributed by atoms with Crippen LogP contribution >= 0.6 is 0 Å². The molecular formula is C14H15NO4. The number of rotatable bonds is 4. The molecule has 0 spiro atoms. The molecule has 0 saturated heterocycles. The minimum absolute atomic E-state index is 0.237. The van der Waals surface area contributed by atoms with Crippen LogP contribution in [0.15, 0.2) is 30.5 Å². The minimum atomic E-state index is -1.27. The average Bonchev–Trinajstić information content (AvgIpc) is 2.45. The van der Waals surface area contributed by atoms with Gasteiger partial charge in [0.25, 0.3) is 0 Å². The molecule has 19 heavy (non-hydrogen) atoms. The molecule has 0 bridgehead atoms. The Morgan fingerprint density at radius 3 is 2.89 bits per heavy atom. The van der Waals surface area contributed by atoms with Crippen LogP contribution in [-0.4, -0.2) is 29.8 Å². The fourth-order valence-electron chi connectivity index (χ4n) is 1.86. The van der Waals surface area contributed by atoms with Crippen molar-refractivity contribution in [3.63, 3.8) is 0 Å². The number of aromatic nitrogens is 1. The quantitative estimate of drug-likeness (QED) is 0.850. The normalized spacial score (nSPS) is 12.2. The van der Waals surface area contributed by atoms with Gasteiger partial charge in [0.05, 0.1) is 13.7 Å². The van der Waals surface area contributed by atoms with E-state index in [0.29, 0.717) is 11.4 Å². The van der Waals surface area contributed by atoms with Crippen molar-refractivity contribution in [2.45, 2.75) is 13.0 Å². The summed E-state index contributed by atoms with van der Waals surface area (Å²) in [5, 5.41) is 11.5. The van der Waals surface area contributed by atoms with Crippen molar-refractivity contribution >= 4 is 16.7 Å². The van der Waals surface area contributed by atoms with E-state index >= 15 is 0 Å². The number of hydrogen-bond acceptors (Lipinski definition) is 5. The van der Waals surface area contributed by atoms with E-state index < -0.39 is 12.1 Å². The van der Waals surface area contributed by atoms with Crippen molar-refractivity contribution in [3.05, 3.63) is 36.0 Å². The number of aliphatic hydroxyl groups is 1. The Hall–Kier alpha value is -2.14. The summed E-state index contributed by atoms with van der Waals surface area (Å²) >= 11 is 0. The smallest absolute Gasteiger partial charge is 0.339 e. The first kappa shape index (κ1) is 13.3. The van der Waals surface area contributed by atoms with E-state index in [1.165, 1.54) is 0 Å². The molecule has 5 nitrogen and oxygen atoms in total. The summed E-state index contributed by atoms with van der Waals surface area (Å²) in [6.45, 7) is 1.93. The standard InChI is InChI=1S/C14H15NO4/c1-3-19-14(17)12(16)10-4-5-11-9(8-10)6-7-15-13(11)18-2/h4-8,12,16H,3H2,1-2H3. The van der Waals surface area contributed by atoms with Gasteiger partial charge in [0, 0.05) is 11.6 Å². The van der Waals surface area contributed by atoms with Crippen molar-refractivity contribution in [2.75, 3.05) is 13.7 Å². The van der Waals surface area contributed by atoms with E-state index in [1.54, 1.807) is 44.5 Å². The van der Waals surface area contributed by atoms with E-state index in [1.807, 2.05) is 0 Å². The van der Waals surface area contributed by atoms with E-state index in [0.717, 1.165) is 10.8 Å². The van der Waals surface area contributed by atoms with Crippen LogP contribution in [0.4, 0.5) is 0 Å². The first-order valence-corrected chi connectivity index (χ1v) is 5.94. The molecule has 0 aliphatic rings. The highest BCUT2D eigenvalue weighted by molar-refractivity contribution is 5.88. The third kappa shape index (κ3) is 2.66. The Morgan fingerprint density at radius 2 is 2.21 bits per heavy atom. The van der Waals surface area contributed by atoms with E-state index in [4.69, 9.17) is 9.47 Å². The Balaban J connectivity index is 2.39. The first-order chi connectivity index (χ1) is 9.17. The van der Waals surface area contributed by atoms with Crippen LogP contribution in [0.2, 0.25) is 0 Å². The first-order valence-electron chi connectivity index (χ1n) is 5.94. The Morgan fingerprint density at radius 1 is 1.42 bits per heavy atom. The fraction of sp³-hybridized carbons (Fsp3) is 0.286. The topological polar surface area (TPSA) is 68.7 Å². The predicted octanol–water partition coefficient (Wildman–Crippen LogP) is 1.84. The number of benzene rings is 1. The molecular weight excluding hydrogens is 246 g/mol. The van der Waals surface area contributed by atoms with Gasteiger partial charge in [0.15, 0.2) is 6.10 Å². The molecule has 0 saturated carbocycles. The van der Waals surface area contributed by atoms with Crippen molar-refractivity contribution in [1.82, 2.24) is 4.98 Å². The van der Waals surface area contributed by atoms with E-state index in [2.05, 4.69) is 4.98 Å². The zero-order valence-corrected chi connectivity index (χ0v) is 10.8. The van der Waals surface area contributed by atoms with Crippen molar-refractivity contribution < 1.29 is 19.4 Å². The van der Waals surface area contributed by atoms with E-state index in [9.17, 15) is 9.90 Å². The molecule has 1 aromatic heterocycles. The SMILES string of the molecule is CCOC(=O)C(O)c1ccc2c(OC)nccc2c1. The lowest BCUT2D eigenvalue weighted by molar-refractivity contribution is -0.153.